The number of ether oxygens (including phenoxy) is 2. The molecule has 0 bridgehead atoms. The zero-order chi connectivity index (χ0) is 21.6. The molecule has 2 aromatic carbocycles. The van der Waals surface area contributed by atoms with Crippen molar-refractivity contribution in [3.05, 3.63) is 71.8 Å². The Morgan fingerprint density at radius 3 is 2.47 bits per heavy atom. The number of nitrogens with zero attached hydrogens (tertiary/aromatic N) is 1. The number of ketones is 1. The third kappa shape index (κ3) is 3.99. The number of allylic oxidation sites excluding steroid dienone is 2. The number of hydrogen-bond acceptors (Lipinski definition) is 5. The van der Waals surface area contributed by atoms with Gasteiger partial charge in [-0.1, -0.05) is 42.5 Å². The quantitative estimate of drug-likeness (QED) is 0.495. The molecule has 2 aromatic rings. The minimum atomic E-state index is -1.42. The van der Waals surface area contributed by atoms with Gasteiger partial charge in [0.15, 0.2) is 5.78 Å². The number of carbonyl (C=O) groups excluding carboxylic acids is 2. The Kier molecular flexibility index (Phi) is 6.68. The van der Waals surface area contributed by atoms with Crippen molar-refractivity contribution in [2.75, 3.05) is 13.7 Å². The van der Waals surface area contributed by atoms with E-state index < -0.39 is 17.3 Å². The summed E-state index contributed by atoms with van der Waals surface area (Å²) in [5.41, 5.74) is 1.25. The van der Waals surface area contributed by atoms with Gasteiger partial charge in [-0.25, -0.2) is 0 Å². The van der Waals surface area contributed by atoms with Gasteiger partial charge in [0.1, 0.15) is 11.2 Å². The van der Waals surface area contributed by atoms with Crippen LogP contribution in [0.5, 0.6) is 5.75 Å². The van der Waals surface area contributed by atoms with E-state index in [1.54, 1.807) is 20.1 Å². The summed E-state index contributed by atoms with van der Waals surface area (Å²) >= 11 is 0. The van der Waals surface area contributed by atoms with Crippen LogP contribution >= 0.6 is 0 Å². The molecule has 2 atom stereocenters. The Morgan fingerprint density at radius 1 is 1.17 bits per heavy atom. The highest BCUT2D eigenvalue weighted by molar-refractivity contribution is 6.14. The Morgan fingerprint density at radius 2 is 1.87 bits per heavy atom. The predicted octanol–water partition coefficient (Wildman–Crippen LogP) is 4.69. The average molecular weight is 403 g/mol. The number of nitriles is 1. The van der Waals surface area contributed by atoms with Crippen LogP contribution in [-0.2, 0) is 14.3 Å². The molecule has 154 valence electrons. The number of benzene rings is 2. The van der Waals surface area contributed by atoms with Gasteiger partial charge in [-0.05, 0) is 54.7 Å². The molecule has 0 amide bonds. The monoisotopic (exact) mass is 403 g/mol. The van der Waals surface area contributed by atoms with E-state index >= 15 is 0 Å². The lowest BCUT2D eigenvalue weighted by atomic mass is 9.61. The highest BCUT2D eigenvalue weighted by atomic mass is 16.5. The second-order valence-corrected chi connectivity index (χ2v) is 7.28. The molecule has 1 aliphatic rings. The number of hydrogen-bond donors (Lipinski definition) is 0. The maximum absolute atomic E-state index is 13.5. The fraction of sp³-hybridized carbons (Fsp3) is 0.320. The van der Waals surface area contributed by atoms with Crippen LogP contribution in [0, 0.1) is 16.7 Å². The molecule has 0 aromatic heterocycles. The molecular weight excluding hydrogens is 378 g/mol. The Balaban J connectivity index is 2.16. The van der Waals surface area contributed by atoms with Crippen LogP contribution in [-0.4, -0.2) is 25.5 Å². The minimum absolute atomic E-state index is 0.0890. The van der Waals surface area contributed by atoms with E-state index in [0.29, 0.717) is 12.2 Å². The molecular formula is C25H25NO4. The third-order valence-corrected chi connectivity index (χ3v) is 5.70. The largest absolute Gasteiger partial charge is 0.497 e. The summed E-state index contributed by atoms with van der Waals surface area (Å²) in [5, 5.41) is 9.22. The number of esters is 1. The van der Waals surface area contributed by atoms with Crippen LogP contribution in [0.3, 0.4) is 0 Å². The van der Waals surface area contributed by atoms with E-state index in [2.05, 4.69) is 6.07 Å². The molecule has 3 rings (SSSR count). The van der Waals surface area contributed by atoms with E-state index in [1.165, 1.54) is 0 Å². The summed E-state index contributed by atoms with van der Waals surface area (Å²) in [7, 11) is 1.59. The first-order chi connectivity index (χ1) is 14.6. The van der Waals surface area contributed by atoms with E-state index in [4.69, 9.17) is 9.47 Å². The van der Waals surface area contributed by atoms with E-state index in [-0.39, 0.29) is 25.2 Å². The summed E-state index contributed by atoms with van der Waals surface area (Å²) < 4.78 is 10.6. The van der Waals surface area contributed by atoms with Gasteiger partial charge in [0, 0.05) is 12.3 Å². The van der Waals surface area contributed by atoms with Crippen LogP contribution in [0.2, 0.25) is 0 Å². The number of rotatable bonds is 7. The van der Waals surface area contributed by atoms with Crippen molar-refractivity contribution < 1.29 is 19.1 Å². The van der Waals surface area contributed by atoms with Crippen LogP contribution in [0.25, 0.3) is 5.57 Å². The Bertz CT molecular complexity index is 972. The van der Waals surface area contributed by atoms with Crippen molar-refractivity contribution in [3.8, 4) is 11.8 Å². The molecule has 0 aliphatic heterocycles. The zero-order valence-electron chi connectivity index (χ0n) is 17.3. The van der Waals surface area contributed by atoms with Crippen molar-refractivity contribution in [3.63, 3.8) is 0 Å². The topological polar surface area (TPSA) is 76.4 Å². The molecule has 0 fully saturated rings. The third-order valence-electron chi connectivity index (χ3n) is 5.70. The first-order valence-corrected chi connectivity index (χ1v) is 10.0. The standard InChI is InChI=1S/C25H25NO4/c1-3-30-24(28)25(14-7-15-26)22(19-10-12-21(29-2)13-11-19)16-20(17-23(25)27)18-8-5-4-6-9-18/h4-6,8-13,17,22H,3,7,14,16H2,1-2H3. The minimum Gasteiger partial charge on any atom is -0.497 e. The lowest BCUT2D eigenvalue weighted by molar-refractivity contribution is -0.161. The smallest absolute Gasteiger partial charge is 0.320 e. The second-order valence-electron chi connectivity index (χ2n) is 7.28. The highest BCUT2D eigenvalue weighted by Gasteiger charge is 2.54. The van der Waals surface area contributed by atoms with Gasteiger partial charge >= 0.3 is 5.97 Å². The van der Waals surface area contributed by atoms with Crippen molar-refractivity contribution >= 4 is 17.3 Å². The summed E-state index contributed by atoms with van der Waals surface area (Å²) in [6.07, 6.45) is 2.26. The molecule has 0 heterocycles. The molecule has 0 saturated heterocycles. The fourth-order valence-corrected chi connectivity index (χ4v) is 4.16. The van der Waals surface area contributed by atoms with Crippen molar-refractivity contribution in [2.45, 2.75) is 32.1 Å². The molecule has 30 heavy (non-hydrogen) atoms. The van der Waals surface area contributed by atoms with Gasteiger partial charge in [-0.2, -0.15) is 5.26 Å². The van der Waals surface area contributed by atoms with Crippen LogP contribution < -0.4 is 4.74 Å². The lowest BCUT2D eigenvalue weighted by Gasteiger charge is -2.40. The maximum atomic E-state index is 13.5. The zero-order valence-corrected chi connectivity index (χ0v) is 17.3. The summed E-state index contributed by atoms with van der Waals surface area (Å²) in [6, 6.07) is 19.2. The second kappa shape index (κ2) is 9.41. The average Bonchev–Trinajstić information content (AvgIpc) is 2.78. The van der Waals surface area contributed by atoms with E-state index in [9.17, 15) is 14.9 Å². The van der Waals surface area contributed by atoms with Gasteiger partial charge in [-0.15, -0.1) is 0 Å². The van der Waals surface area contributed by atoms with Gasteiger partial charge in [0.25, 0.3) is 0 Å². The van der Waals surface area contributed by atoms with Gasteiger partial charge in [0.05, 0.1) is 19.8 Å². The number of carbonyl (C=O) groups is 2. The summed E-state index contributed by atoms with van der Waals surface area (Å²) in [5.74, 6) is -0.612. The van der Waals surface area contributed by atoms with Gasteiger partial charge in [0.2, 0.25) is 0 Å². The molecule has 1 aliphatic carbocycles. The number of methoxy groups -OCH3 is 1. The molecule has 2 unspecified atom stereocenters. The molecule has 0 spiro atoms. The normalized spacial score (nSPS) is 20.8. The molecule has 5 heteroatoms. The van der Waals surface area contributed by atoms with Crippen LogP contribution in [0.1, 0.15) is 43.2 Å². The van der Waals surface area contributed by atoms with Crippen molar-refractivity contribution in [1.82, 2.24) is 0 Å². The summed E-state index contributed by atoms with van der Waals surface area (Å²) in [4.78, 5) is 26.7. The molecule has 0 radical (unpaired) electrons. The highest BCUT2D eigenvalue weighted by Crippen LogP contribution is 2.50. The molecule has 5 nitrogen and oxygen atoms in total. The first kappa shape index (κ1) is 21.3. The van der Waals surface area contributed by atoms with E-state index in [0.717, 1.165) is 16.7 Å². The Hall–Kier alpha value is -3.39. The molecule has 0 N–H and O–H groups in total. The van der Waals surface area contributed by atoms with Crippen LogP contribution in [0.15, 0.2) is 60.7 Å². The van der Waals surface area contributed by atoms with Crippen LogP contribution in [0.4, 0.5) is 0 Å². The van der Waals surface area contributed by atoms with Gasteiger partial charge in [-0.3, -0.25) is 9.59 Å². The predicted molar refractivity (Wildman–Crippen MR) is 114 cm³/mol. The lowest BCUT2D eigenvalue weighted by Crippen LogP contribution is -2.47. The van der Waals surface area contributed by atoms with Gasteiger partial charge < -0.3 is 9.47 Å². The van der Waals surface area contributed by atoms with E-state index in [1.807, 2.05) is 54.6 Å². The van der Waals surface area contributed by atoms with Crippen molar-refractivity contribution in [1.29, 1.82) is 5.26 Å². The van der Waals surface area contributed by atoms with Crippen molar-refractivity contribution in [2.24, 2.45) is 5.41 Å². The maximum Gasteiger partial charge on any atom is 0.320 e. The summed E-state index contributed by atoms with van der Waals surface area (Å²) in [6.45, 7) is 1.89. The first-order valence-electron chi connectivity index (χ1n) is 10.0. The fourth-order valence-electron chi connectivity index (χ4n) is 4.16. The Labute approximate surface area is 176 Å². The molecule has 0 saturated carbocycles. The SMILES string of the molecule is CCOC(=O)C1(CCC#N)C(=O)C=C(c2ccccc2)CC1c1ccc(OC)cc1.